The Balaban J connectivity index is 1.52. The molecule has 0 aliphatic heterocycles. The van der Waals surface area contributed by atoms with Crippen molar-refractivity contribution in [3.8, 4) is 33.8 Å². The predicted octanol–water partition coefficient (Wildman–Crippen LogP) is 8.53. The van der Waals surface area contributed by atoms with Gasteiger partial charge in [0.15, 0.2) is 5.82 Å². The van der Waals surface area contributed by atoms with Crippen LogP contribution in [0, 0.1) is 0 Å². The van der Waals surface area contributed by atoms with Crippen molar-refractivity contribution in [2.45, 2.75) is 0 Å². The molecule has 7 aromatic rings. The molecular weight excluding hydrogens is 428 g/mol. The van der Waals surface area contributed by atoms with Crippen LogP contribution in [0.15, 0.2) is 126 Å². The van der Waals surface area contributed by atoms with E-state index in [1.165, 1.54) is 5.56 Å². The van der Waals surface area contributed by atoms with Gasteiger partial charge in [0.1, 0.15) is 11.2 Å². The fourth-order valence-electron chi connectivity index (χ4n) is 4.84. The molecule has 0 bridgehead atoms. The Morgan fingerprint density at radius 1 is 0.486 bits per heavy atom. The van der Waals surface area contributed by atoms with Crippen molar-refractivity contribution in [3.63, 3.8) is 0 Å². The molecule has 164 valence electrons. The first-order valence-corrected chi connectivity index (χ1v) is 11.7. The van der Waals surface area contributed by atoms with E-state index in [0.717, 1.165) is 55.2 Å². The second-order valence-corrected chi connectivity index (χ2v) is 8.64. The number of rotatable bonds is 3. The maximum absolute atomic E-state index is 6.25. The lowest BCUT2D eigenvalue weighted by atomic mass is 10.00. The molecule has 0 amide bonds. The zero-order valence-corrected chi connectivity index (χ0v) is 18.8. The lowest BCUT2D eigenvalue weighted by Crippen LogP contribution is -1.95. The lowest BCUT2D eigenvalue weighted by Gasteiger charge is -2.10. The normalized spacial score (nSPS) is 11.4. The zero-order chi connectivity index (χ0) is 23.2. The van der Waals surface area contributed by atoms with Crippen molar-refractivity contribution in [1.82, 2.24) is 9.97 Å². The van der Waals surface area contributed by atoms with E-state index in [1.54, 1.807) is 0 Å². The average molecular weight is 449 g/mol. The van der Waals surface area contributed by atoms with Crippen molar-refractivity contribution in [3.05, 3.63) is 121 Å². The SMILES string of the molecule is c1ccc(-c2ccc3oc4cccc(-c5nc(-c6ccccc6)c6ccccc6n5)c4c3c2)cc1. The Hall–Kier alpha value is -4.76. The highest BCUT2D eigenvalue weighted by atomic mass is 16.3. The first-order valence-electron chi connectivity index (χ1n) is 11.7. The van der Waals surface area contributed by atoms with Crippen LogP contribution >= 0.6 is 0 Å². The first-order chi connectivity index (χ1) is 17.3. The lowest BCUT2D eigenvalue weighted by molar-refractivity contribution is 0.669. The molecule has 7 rings (SSSR count). The maximum atomic E-state index is 6.25. The average Bonchev–Trinajstić information content (AvgIpc) is 3.31. The van der Waals surface area contributed by atoms with Gasteiger partial charge in [0.2, 0.25) is 0 Å². The van der Waals surface area contributed by atoms with Gasteiger partial charge in [0.05, 0.1) is 11.2 Å². The van der Waals surface area contributed by atoms with Crippen LogP contribution < -0.4 is 0 Å². The zero-order valence-electron chi connectivity index (χ0n) is 18.8. The molecule has 2 aromatic heterocycles. The Bertz CT molecular complexity index is 1840. The summed E-state index contributed by atoms with van der Waals surface area (Å²) in [5.74, 6) is 0.695. The fourth-order valence-corrected chi connectivity index (χ4v) is 4.84. The molecule has 35 heavy (non-hydrogen) atoms. The molecule has 0 saturated heterocycles. The van der Waals surface area contributed by atoms with Crippen molar-refractivity contribution in [1.29, 1.82) is 0 Å². The van der Waals surface area contributed by atoms with E-state index in [2.05, 4.69) is 66.7 Å². The molecule has 3 heteroatoms. The van der Waals surface area contributed by atoms with Gasteiger partial charge in [-0.1, -0.05) is 97.1 Å². The van der Waals surface area contributed by atoms with E-state index in [1.807, 2.05) is 54.6 Å². The van der Waals surface area contributed by atoms with Crippen molar-refractivity contribution in [2.24, 2.45) is 0 Å². The van der Waals surface area contributed by atoms with Crippen LogP contribution in [0.4, 0.5) is 0 Å². The van der Waals surface area contributed by atoms with Crippen molar-refractivity contribution in [2.75, 3.05) is 0 Å². The van der Waals surface area contributed by atoms with Crippen LogP contribution in [0.25, 0.3) is 66.6 Å². The summed E-state index contributed by atoms with van der Waals surface area (Å²) >= 11 is 0. The number of hydrogen-bond acceptors (Lipinski definition) is 3. The number of furan rings is 1. The Morgan fingerprint density at radius 2 is 1.23 bits per heavy atom. The molecule has 0 unspecified atom stereocenters. The van der Waals surface area contributed by atoms with Gasteiger partial charge in [-0.2, -0.15) is 0 Å². The monoisotopic (exact) mass is 448 g/mol. The highest BCUT2D eigenvalue weighted by Gasteiger charge is 2.17. The van der Waals surface area contributed by atoms with E-state index in [-0.39, 0.29) is 0 Å². The Labute approximate surface area is 202 Å². The highest BCUT2D eigenvalue weighted by Crippen LogP contribution is 2.38. The van der Waals surface area contributed by atoms with Gasteiger partial charge < -0.3 is 4.42 Å². The Kier molecular flexibility index (Phi) is 4.46. The van der Waals surface area contributed by atoms with Gasteiger partial charge in [-0.25, -0.2) is 9.97 Å². The van der Waals surface area contributed by atoms with Crippen LogP contribution in [0.5, 0.6) is 0 Å². The third kappa shape index (κ3) is 3.29. The number of aromatic nitrogens is 2. The van der Waals surface area contributed by atoms with Crippen LogP contribution in [0.3, 0.4) is 0 Å². The van der Waals surface area contributed by atoms with Gasteiger partial charge in [-0.05, 0) is 35.4 Å². The number of para-hydroxylation sites is 1. The maximum Gasteiger partial charge on any atom is 0.161 e. The molecule has 0 spiro atoms. The molecule has 2 heterocycles. The topological polar surface area (TPSA) is 38.9 Å². The van der Waals surface area contributed by atoms with E-state index in [4.69, 9.17) is 14.4 Å². The molecule has 0 aliphatic rings. The summed E-state index contributed by atoms with van der Waals surface area (Å²) in [6.07, 6.45) is 0. The van der Waals surface area contributed by atoms with Gasteiger partial charge in [0, 0.05) is 27.3 Å². The van der Waals surface area contributed by atoms with Crippen LogP contribution in [-0.2, 0) is 0 Å². The molecule has 5 aromatic carbocycles. The minimum atomic E-state index is 0.695. The molecule has 0 saturated carbocycles. The van der Waals surface area contributed by atoms with E-state index >= 15 is 0 Å². The summed E-state index contributed by atoms with van der Waals surface area (Å²) in [6.45, 7) is 0. The van der Waals surface area contributed by atoms with Crippen LogP contribution in [-0.4, -0.2) is 9.97 Å². The summed E-state index contributed by atoms with van der Waals surface area (Å²) in [4.78, 5) is 10.1. The number of fused-ring (bicyclic) bond motifs is 4. The third-order valence-electron chi connectivity index (χ3n) is 6.49. The van der Waals surface area contributed by atoms with Crippen LogP contribution in [0.2, 0.25) is 0 Å². The predicted molar refractivity (Wildman–Crippen MR) is 143 cm³/mol. The standard InChI is InChI=1S/C32H20N2O/c1-3-10-21(11-4-1)23-18-19-28-26(20-23)30-25(15-9-17-29(30)35-28)32-33-27-16-8-7-14-24(27)31(34-32)22-12-5-2-6-13-22/h1-20H. The van der Waals surface area contributed by atoms with Gasteiger partial charge in [-0.15, -0.1) is 0 Å². The smallest absolute Gasteiger partial charge is 0.161 e. The highest BCUT2D eigenvalue weighted by molar-refractivity contribution is 6.13. The van der Waals surface area contributed by atoms with Crippen LogP contribution in [0.1, 0.15) is 0 Å². The summed E-state index contributed by atoms with van der Waals surface area (Å²) < 4.78 is 6.25. The molecule has 0 aliphatic carbocycles. The molecular formula is C32H20N2O. The van der Waals surface area contributed by atoms with Gasteiger partial charge >= 0.3 is 0 Å². The minimum Gasteiger partial charge on any atom is -0.456 e. The summed E-state index contributed by atoms with van der Waals surface area (Å²) in [7, 11) is 0. The second-order valence-electron chi connectivity index (χ2n) is 8.64. The third-order valence-corrected chi connectivity index (χ3v) is 6.49. The van der Waals surface area contributed by atoms with E-state index in [0.29, 0.717) is 5.82 Å². The summed E-state index contributed by atoms with van der Waals surface area (Å²) in [6, 6.07) is 41.4. The number of benzene rings is 5. The first kappa shape index (κ1) is 19.7. The molecule has 0 fully saturated rings. The Morgan fingerprint density at radius 3 is 2.06 bits per heavy atom. The van der Waals surface area contributed by atoms with E-state index < -0.39 is 0 Å². The fraction of sp³-hybridized carbons (Fsp3) is 0. The van der Waals surface area contributed by atoms with E-state index in [9.17, 15) is 0 Å². The van der Waals surface area contributed by atoms with Crippen molar-refractivity contribution >= 4 is 32.8 Å². The summed E-state index contributed by atoms with van der Waals surface area (Å²) in [5, 5.41) is 3.14. The number of nitrogens with zero attached hydrogens (tertiary/aromatic N) is 2. The second kappa shape index (κ2) is 7.93. The van der Waals surface area contributed by atoms with Gasteiger partial charge in [0.25, 0.3) is 0 Å². The molecule has 0 radical (unpaired) electrons. The molecule has 0 N–H and O–H groups in total. The minimum absolute atomic E-state index is 0.695. The molecule has 0 atom stereocenters. The quantitative estimate of drug-likeness (QED) is 0.272. The number of hydrogen-bond donors (Lipinski definition) is 0. The summed E-state index contributed by atoms with van der Waals surface area (Å²) in [5.41, 5.74) is 7.91. The largest absolute Gasteiger partial charge is 0.456 e. The molecule has 3 nitrogen and oxygen atoms in total. The van der Waals surface area contributed by atoms with Crippen molar-refractivity contribution < 1.29 is 4.42 Å². The van der Waals surface area contributed by atoms with Gasteiger partial charge in [-0.3, -0.25) is 0 Å².